The molecule has 1 aromatic heterocycles. The van der Waals surface area contributed by atoms with Gasteiger partial charge in [0.1, 0.15) is 0 Å². The van der Waals surface area contributed by atoms with Crippen LogP contribution >= 0.6 is 0 Å². The summed E-state index contributed by atoms with van der Waals surface area (Å²) in [4.78, 5) is 19.8. The lowest BCUT2D eigenvalue weighted by molar-refractivity contribution is 0.0950. The second kappa shape index (κ2) is 11.0. The molecule has 180 valence electrons. The van der Waals surface area contributed by atoms with Crippen LogP contribution in [-0.4, -0.2) is 55.9 Å². The first-order chi connectivity index (χ1) is 15.8. The fourth-order valence-corrected chi connectivity index (χ4v) is 5.45. The predicted molar refractivity (Wildman–Crippen MR) is 129 cm³/mol. The molecule has 2 aromatic rings. The summed E-state index contributed by atoms with van der Waals surface area (Å²) in [6.07, 6.45) is 3.70. The second-order valence-electron chi connectivity index (χ2n) is 8.28. The molecule has 1 aliphatic heterocycles. The van der Waals surface area contributed by atoms with Crippen molar-refractivity contribution in [2.75, 3.05) is 31.1 Å². The Labute approximate surface area is 197 Å². The normalized spacial score (nSPS) is 14.2. The number of nitrogens with one attached hydrogen (secondary N) is 1. The van der Waals surface area contributed by atoms with Crippen LogP contribution in [0.1, 0.15) is 56.5 Å². The standard InChI is InChI=1S/C24H34N4O4S/c1-5-28(6-2)33(30,31)20-11-12-22(27-14-7-8-15-27)21(16-20)23(29)26-17-19-10-9-13-25-24(19)32-18(3)4/h9-13,16,18H,5-8,14-15,17H2,1-4H3,(H,26,29). The van der Waals surface area contributed by atoms with E-state index in [0.717, 1.165) is 37.2 Å². The number of rotatable bonds is 10. The molecular formula is C24H34N4O4S. The Morgan fingerprint density at radius 2 is 1.88 bits per heavy atom. The lowest BCUT2D eigenvalue weighted by Gasteiger charge is -2.23. The van der Waals surface area contributed by atoms with Gasteiger partial charge in [-0.1, -0.05) is 19.9 Å². The minimum Gasteiger partial charge on any atom is -0.475 e. The summed E-state index contributed by atoms with van der Waals surface area (Å²) in [7, 11) is -3.68. The molecule has 1 aromatic carbocycles. The van der Waals surface area contributed by atoms with E-state index in [1.807, 2.05) is 19.9 Å². The zero-order chi connectivity index (χ0) is 24.0. The molecule has 1 aliphatic rings. The highest BCUT2D eigenvalue weighted by molar-refractivity contribution is 7.89. The zero-order valence-electron chi connectivity index (χ0n) is 19.9. The molecule has 0 saturated carbocycles. The average molecular weight is 475 g/mol. The van der Waals surface area contributed by atoms with Gasteiger partial charge in [0.05, 0.1) is 16.6 Å². The number of sulfonamides is 1. The van der Waals surface area contributed by atoms with Crippen molar-refractivity contribution in [3.63, 3.8) is 0 Å². The molecule has 1 N–H and O–H groups in total. The summed E-state index contributed by atoms with van der Waals surface area (Å²) in [5.74, 6) is 0.151. The second-order valence-corrected chi connectivity index (χ2v) is 10.2. The minimum atomic E-state index is -3.68. The van der Waals surface area contributed by atoms with Crippen LogP contribution in [0.5, 0.6) is 5.88 Å². The molecular weight excluding hydrogens is 440 g/mol. The third-order valence-corrected chi connectivity index (χ3v) is 7.69. The highest BCUT2D eigenvalue weighted by Crippen LogP contribution is 2.29. The van der Waals surface area contributed by atoms with E-state index < -0.39 is 10.0 Å². The van der Waals surface area contributed by atoms with E-state index in [-0.39, 0.29) is 23.5 Å². The third kappa shape index (κ3) is 5.83. The number of hydrogen-bond acceptors (Lipinski definition) is 6. The zero-order valence-corrected chi connectivity index (χ0v) is 20.7. The monoisotopic (exact) mass is 474 g/mol. The maximum absolute atomic E-state index is 13.3. The number of hydrogen-bond donors (Lipinski definition) is 1. The van der Waals surface area contributed by atoms with Crippen LogP contribution in [0.3, 0.4) is 0 Å². The van der Waals surface area contributed by atoms with E-state index in [2.05, 4.69) is 15.2 Å². The van der Waals surface area contributed by atoms with Crippen LogP contribution in [0.4, 0.5) is 5.69 Å². The maximum atomic E-state index is 13.3. The number of pyridine rings is 1. The molecule has 2 heterocycles. The number of carbonyl (C=O) groups excluding carboxylic acids is 1. The molecule has 1 saturated heterocycles. The third-order valence-electron chi connectivity index (χ3n) is 5.64. The largest absolute Gasteiger partial charge is 0.475 e. The quantitative estimate of drug-likeness (QED) is 0.567. The predicted octanol–water partition coefficient (Wildman–Crippen LogP) is 3.43. The van der Waals surface area contributed by atoms with Gasteiger partial charge in [0.25, 0.3) is 5.91 Å². The topological polar surface area (TPSA) is 91.8 Å². The van der Waals surface area contributed by atoms with Crippen LogP contribution in [0.25, 0.3) is 0 Å². The molecule has 0 radical (unpaired) electrons. The van der Waals surface area contributed by atoms with Crippen molar-refractivity contribution < 1.29 is 17.9 Å². The van der Waals surface area contributed by atoms with Gasteiger partial charge in [-0.15, -0.1) is 0 Å². The highest BCUT2D eigenvalue weighted by Gasteiger charge is 2.26. The van der Waals surface area contributed by atoms with Crippen LogP contribution in [0, 0.1) is 0 Å². The Morgan fingerprint density at radius 1 is 1.18 bits per heavy atom. The van der Waals surface area contributed by atoms with Gasteiger partial charge in [0.2, 0.25) is 15.9 Å². The van der Waals surface area contributed by atoms with Gasteiger partial charge in [-0.05, 0) is 51.0 Å². The van der Waals surface area contributed by atoms with Crippen LogP contribution in [-0.2, 0) is 16.6 Å². The summed E-state index contributed by atoms with van der Waals surface area (Å²) < 4.78 is 33.3. The first kappa shape index (κ1) is 25.0. The molecule has 0 unspecified atom stereocenters. The SMILES string of the molecule is CCN(CC)S(=O)(=O)c1ccc(N2CCCC2)c(C(=O)NCc2cccnc2OC(C)C)c1. The molecule has 0 aliphatic carbocycles. The lowest BCUT2D eigenvalue weighted by Crippen LogP contribution is -2.32. The molecule has 1 fully saturated rings. The van der Waals surface area contributed by atoms with Crippen molar-refractivity contribution in [2.24, 2.45) is 0 Å². The minimum absolute atomic E-state index is 0.0434. The van der Waals surface area contributed by atoms with Crippen LogP contribution < -0.4 is 15.0 Å². The van der Waals surface area contributed by atoms with Gasteiger partial charge in [0, 0.05) is 50.2 Å². The number of carbonyl (C=O) groups is 1. The molecule has 9 heteroatoms. The van der Waals surface area contributed by atoms with E-state index in [1.54, 1.807) is 38.2 Å². The molecule has 8 nitrogen and oxygen atoms in total. The summed E-state index contributed by atoms with van der Waals surface area (Å²) in [6, 6.07) is 8.52. The number of anilines is 1. The van der Waals surface area contributed by atoms with E-state index >= 15 is 0 Å². The first-order valence-corrected chi connectivity index (χ1v) is 13.0. The van der Waals surface area contributed by atoms with Gasteiger partial charge in [-0.3, -0.25) is 4.79 Å². The molecule has 0 bridgehead atoms. The highest BCUT2D eigenvalue weighted by atomic mass is 32.2. The summed E-state index contributed by atoms with van der Waals surface area (Å²) in [5.41, 5.74) is 1.88. The Bertz CT molecular complexity index is 1060. The molecule has 1 amide bonds. The Hall–Kier alpha value is -2.65. The smallest absolute Gasteiger partial charge is 0.253 e. The van der Waals surface area contributed by atoms with Gasteiger partial charge in [0.15, 0.2) is 0 Å². The van der Waals surface area contributed by atoms with Gasteiger partial charge < -0.3 is 15.0 Å². The first-order valence-electron chi connectivity index (χ1n) is 11.6. The summed E-state index contributed by atoms with van der Waals surface area (Å²) >= 11 is 0. The number of ether oxygens (including phenoxy) is 1. The van der Waals surface area contributed by atoms with E-state index in [0.29, 0.717) is 24.5 Å². The van der Waals surface area contributed by atoms with Crippen molar-refractivity contribution in [3.05, 3.63) is 47.7 Å². The Morgan fingerprint density at radius 3 is 2.52 bits per heavy atom. The maximum Gasteiger partial charge on any atom is 0.253 e. The number of benzene rings is 1. The van der Waals surface area contributed by atoms with E-state index in [1.165, 1.54) is 10.4 Å². The van der Waals surface area contributed by atoms with Crippen LogP contribution in [0.15, 0.2) is 41.4 Å². The lowest BCUT2D eigenvalue weighted by atomic mass is 10.1. The molecule has 33 heavy (non-hydrogen) atoms. The number of aromatic nitrogens is 1. The van der Waals surface area contributed by atoms with Crippen molar-refractivity contribution in [2.45, 2.75) is 58.1 Å². The fourth-order valence-electron chi connectivity index (χ4n) is 3.96. The average Bonchev–Trinajstić information content (AvgIpc) is 3.33. The number of amides is 1. The van der Waals surface area contributed by atoms with E-state index in [9.17, 15) is 13.2 Å². The summed E-state index contributed by atoms with van der Waals surface area (Å²) in [5, 5.41) is 2.93. The fraction of sp³-hybridized carbons (Fsp3) is 0.500. The van der Waals surface area contributed by atoms with Crippen molar-refractivity contribution in [3.8, 4) is 5.88 Å². The Kier molecular flexibility index (Phi) is 8.31. The Balaban J connectivity index is 1.92. The summed E-state index contributed by atoms with van der Waals surface area (Å²) in [6.45, 7) is 10.1. The van der Waals surface area contributed by atoms with Gasteiger partial charge in [-0.2, -0.15) is 4.31 Å². The van der Waals surface area contributed by atoms with Gasteiger partial charge >= 0.3 is 0 Å². The molecule has 0 spiro atoms. The van der Waals surface area contributed by atoms with Crippen molar-refractivity contribution in [1.29, 1.82) is 0 Å². The molecule has 3 rings (SSSR count). The van der Waals surface area contributed by atoms with Crippen molar-refractivity contribution in [1.82, 2.24) is 14.6 Å². The van der Waals surface area contributed by atoms with E-state index in [4.69, 9.17) is 4.74 Å². The molecule has 0 atom stereocenters. The van der Waals surface area contributed by atoms with Gasteiger partial charge in [-0.25, -0.2) is 13.4 Å². The van der Waals surface area contributed by atoms with Crippen LogP contribution in [0.2, 0.25) is 0 Å². The number of nitrogens with zero attached hydrogens (tertiary/aromatic N) is 3. The van der Waals surface area contributed by atoms with Crippen molar-refractivity contribution >= 4 is 21.6 Å².